The van der Waals surface area contributed by atoms with Crippen molar-refractivity contribution in [1.29, 1.82) is 0 Å². The van der Waals surface area contributed by atoms with Crippen LogP contribution in [0, 0.1) is 0 Å². The van der Waals surface area contributed by atoms with Crippen molar-refractivity contribution in [3.05, 3.63) is 30.0 Å². The molecule has 1 aromatic heterocycles. The van der Waals surface area contributed by atoms with E-state index in [0.717, 1.165) is 37.0 Å². The molecule has 1 amide bonds. The molecule has 2 aliphatic heterocycles. The lowest BCUT2D eigenvalue weighted by Gasteiger charge is -2.50. The Balaban J connectivity index is 1.73. The van der Waals surface area contributed by atoms with E-state index in [1.807, 2.05) is 28.9 Å². The van der Waals surface area contributed by atoms with Gasteiger partial charge in [-0.25, -0.2) is 0 Å². The predicted molar refractivity (Wildman–Crippen MR) is 91.9 cm³/mol. The van der Waals surface area contributed by atoms with Crippen LogP contribution >= 0.6 is 0 Å². The molecule has 2 saturated heterocycles. The molecule has 1 aromatic carbocycles. The van der Waals surface area contributed by atoms with E-state index in [1.165, 1.54) is 0 Å². The summed E-state index contributed by atoms with van der Waals surface area (Å²) < 4.78 is 7.81. The van der Waals surface area contributed by atoms with Crippen molar-refractivity contribution < 1.29 is 9.53 Å². The number of piperidine rings is 1. The lowest BCUT2D eigenvalue weighted by Crippen LogP contribution is -2.59. The van der Waals surface area contributed by atoms with Crippen LogP contribution in [0.2, 0.25) is 0 Å². The molecule has 2 atom stereocenters. The van der Waals surface area contributed by atoms with Gasteiger partial charge >= 0.3 is 0 Å². The number of ether oxygens (including phenoxy) is 1. The second-order valence-electron chi connectivity index (χ2n) is 7.19. The van der Waals surface area contributed by atoms with Gasteiger partial charge in [0.1, 0.15) is 0 Å². The second kappa shape index (κ2) is 5.86. The van der Waals surface area contributed by atoms with Crippen molar-refractivity contribution >= 4 is 16.8 Å². The number of aromatic nitrogens is 2. The monoisotopic (exact) mass is 328 g/mol. The highest BCUT2D eigenvalue weighted by Crippen LogP contribution is 2.37. The van der Waals surface area contributed by atoms with Crippen LogP contribution in [0.4, 0.5) is 0 Å². The van der Waals surface area contributed by atoms with E-state index in [1.54, 1.807) is 0 Å². The molecule has 2 N–H and O–H groups in total. The quantitative estimate of drug-likeness (QED) is 0.934. The van der Waals surface area contributed by atoms with Crippen LogP contribution in [0.15, 0.2) is 24.3 Å². The Labute approximate surface area is 141 Å². The average molecular weight is 328 g/mol. The molecule has 6 heteroatoms. The van der Waals surface area contributed by atoms with Gasteiger partial charge in [-0.05, 0) is 32.8 Å². The van der Waals surface area contributed by atoms with Crippen LogP contribution in [0.1, 0.15) is 43.2 Å². The molecular formula is C18H24N4O2. The summed E-state index contributed by atoms with van der Waals surface area (Å²) in [4.78, 5) is 14.4. The number of morpholine rings is 1. The minimum atomic E-state index is -0.465. The highest BCUT2D eigenvalue weighted by Gasteiger charge is 2.41. The first-order valence-corrected chi connectivity index (χ1v) is 8.68. The highest BCUT2D eigenvalue weighted by molar-refractivity contribution is 6.04. The molecule has 4 rings (SSSR count). The van der Waals surface area contributed by atoms with Crippen molar-refractivity contribution in [2.24, 2.45) is 5.73 Å². The molecule has 128 valence electrons. The number of carbonyl (C=O) groups excluding carboxylic acids is 1. The molecule has 3 heterocycles. The highest BCUT2D eigenvalue weighted by atomic mass is 16.5. The van der Waals surface area contributed by atoms with Crippen molar-refractivity contribution in [1.82, 2.24) is 14.7 Å². The Hall–Kier alpha value is -1.92. The van der Waals surface area contributed by atoms with E-state index in [4.69, 9.17) is 10.5 Å². The minimum absolute atomic E-state index is 0.275. The maximum absolute atomic E-state index is 11.8. The van der Waals surface area contributed by atoms with Crippen LogP contribution in [0.25, 0.3) is 10.9 Å². The molecule has 24 heavy (non-hydrogen) atoms. The van der Waals surface area contributed by atoms with Gasteiger partial charge in [0.25, 0.3) is 5.91 Å². The molecule has 2 aliphatic rings. The smallest absolute Gasteiger partial charge is 0.269 e. The largest absolute Gasteiger partial charge is 0.378 e. The van der Waals surface area contributed by atoms with E-state index < -0.39 is 5.91 Å². The molecule has 0 radical (unpaired) electrons. The molecule has 2 aromatic rings. The fourth-order valence-electron chi connectivity index (χ4n) is 4.51. The Morgan fingerprint density at radius 3 is 2.50 bits per heavy atom. The third kappa shape index (κ3) is 2.41. The van der Waals surface area contributed by atoms with Crippen LogP contribution < -0.4 is 5.73 Å². The van der Waals surface area contributed by atoms with Crippen LogP contribution in [0.3, 0.4) is 0 Å². The van der Waals surface area contributed by atoms with Crippen LogP contribution in [-0.2, 0) is 4.74 Å². The molecule has 0 saturated carbocycles. The van der Waals surface area contributed by atoms with E-state index in [9.17, 15) is 4.79 Å². The number of nitrogens with two attached hydrogens (primary N) is 1. The minimum Gasteiger partial charge on any atom is -0.378 e. The summed E-state index contributed by atoms with van der Waals surface area (Å²) in [7, 11) is 0. The number of amides is 1. The number of hydrogen-bond donors (Lipinski definition) is 1. The number of carbonyl (C=O) groups is 1. The normalized spacial score (nSPS) is 27.7. The van der Waals surface area contributed by atoms with Gasteiger partial charge in [0.15, 0.2) is 5.69 Å². The topological polar surface area (TPSA) is 73.4 Å². The van der Waals surface area contributed by atoms with Gasteiger partial charge in [-0.3, -0.25) is 14.4 Å². The molecule has 2 fully saturated rings. The first kappa shape index (κ1) is 15.6. The lowest BCUT2D eigenvalue weighted by atomic mass is 9.89. The van der Waals surface area contributed by atoms with Gasteiger partial charge in [0.2, 0.25) is 0 Å². The maximum atomic E-state index is 11.8. The number of hydrogen-bond acceptors (Lipinski definition) is 4. The van der Waals surface area contributed by atoms with Gasteiger partial charge in [-0.15, -0.1) is 0 Å². The fraction of sp³-hybridized carbons (Fsp3) is 0.556. The molecule has 0 aliphatic carbocycles. The zero-order valence-corrected chi connectivity index (χ0v) is 14.2. The number of para-hydroxylation sites is 1. The SMILES string of the molecule is CC(C)N1C2COCC1CC(n1nc(C(N)=O)c3ccccc31)C2. The Morgan fingerprint density at radius 2 is 1.88 bits per heavy atom. The molecule has 6 nitrogen and oxygen atoms in total. The second-order valence-corrected chi connectivity index (χ2v) is 7.19. The molecule has 0 spiro atoms. The van der Waals surface area contributed by atoms with Crippen LogP contribution in [-0.4, -0.2) is 51.9 Å². The van der Waals surface area contributed by atoms with Crippen molar-refractivity contribution in [2.75, 3.05) is 13.2 Å². The molecule has 2 bridgehead atoms. The summed E-state index contributed by atoms with van der Waals surface area (Å²) in [6.45, 7) is 6.04. The maximum Gasteiger partial charge on any atom is 0.269 e. The van der Waals surface area contributed by atoms with Gasteiger partial charge in [-0.1, -0.05) is 18.2 Å². The Morgan fingerprint density at radius 1 is 1.21 bits per heavy atom. The van der Waals surface area contributed by atoms with E-state index in [-0.39, 0.29) is 6.04 Å². The standard InChI is InChI=1S/C18H24N4O2/c1-11(2)21-13-7-12(8-14(21)10-24-9-13)22-16-6-4-3-5-15(16)17(20-22)18(19)23/h3-6,11-14H,7-10H2,1-2H3,(H2,19,23). The Bertz CT molecular complexity index is 755. The van der Waals surface area contributed by atoms with Gasteiger partial charge in [0.05, 0.1) is 24.8 Å². The Kier molecular flexibility index (Phi) is 3.81. The van der Waals surface area contributed by atoms with Crippen molar-refractivity contribution in [3.63, 3.8) is 0 Å². The zero-order valence-electron chi connectivity index (χ0n) is 14.2. The van der Waals surface area contributed by atoms with E-state index in [0.29, 0.717) is 23.8 Å². The summed E-state index contributed by atoms with van der Waals surface area (Å²) in [6, 6.07) is 9.45. The van der Waals surface area contributed by atoms with Crippen LogP contribution in [0.5, 0.6) is 0 Å². The lowest BCUT2D eigenvalue weighted by molar-refractivity contribution is -0.0994. The molecular weight excluding hydrogens is 304 g/mol. The van der Waals surface area contributed by atoms with Crippen molar-refractivity contribution in [2.45, 2.75) is 50.9 Å². The van der Waals surface area contributed by atoms with Gasteiger partial charge < -0.3 is 10.5 Å². The van der Waals surface area contributed by atoms with Gasteiger partial charge in [0, 0.05) is 23.5 Å². The third-order valence-corrected chi connectivity index (χ3v) is 5.34. The average Bonchev–Trinajstić information content (AvgIpc) is 2.93. The predicted octanol–water partition coefficient (Wildman–Crippen LogP) is 1.95. The van der Waals surface area contributed by atoms with Gasteiger partial charge in [-0.2, -0.15) is 5.10 Å². The first-order valence-electron chi connectivity index (χ1n) is 8.68. The third-order valence-electron chi connectivity index (χ3n) is 5.34. The van der Waals surface area contributed by atoms with E-state index >= 15 is 0 Å². The number of primary amides is 1. The summed E-state index contributed by atoms with van der Waals surface area (Å²) in [6.07, 6.45) is 1.97. The number of fused-ring (bicyclic) bond motifs is 3. The zero-order chi connectivity index (χ0) is 16.8. The number of nitrogens with zero attached hydrogens (tertiary/aromatic N) is 3. The summed E-state index contributed by atoms with van der Waals surface area (Å²) in [5.41, 5.74) is 6.90. The number of benzene rings is 1. The summed E-state index contributed by atoms with van der Waals surface area (Å²) in [5, 5.41) is 5.44. The molecule has 2 unspecified atom stereocenters. The first-order chi connectivity index (χ1) is 11.6. The van der Waals surface area contributed by atoms with Crippen molar-refractivity contribution in [3.8, 4) is 0 Å². The summed E-state index contributed by atoms with van der Waals surface area (Å²) in [5.74, 6) is -0.465. The summed E-state index contributed by atoms with van der Waals surface area (Å²) >= 11 is 0. The van der Waals surface area contributed by atoms with E-state index in [2.05, 4.69) is 23.8 Å². The fourth-order valence-corrected chi connectivity index (χ4v) is 4.51. The number of rotatable bonds is 3.